The standard InChI is InChI=1S/C13H24FN3O/c1-11(2)15-7-9-17(10-8-15)13(18)16-5-3-12(14)4-6-16/h11-12H,3-10H2,1-2H3. The lowest BCUT2D eigenvalue weighted by atomic mass is 10.1. The highest BCUT2D eigenvalue weighted by atomic mass is 19.1. The van der Waals surface area contributed by atoms with E-state index < -0.39 is 6.17 Å². The molecule has 5 heteroatoms. The lowest BCUT2D eigenvalue weighted by molar-refractivity contribution is 0.0863. The first-order valence-corrected chi connectivity index (χ1v) is 7.00. The summed E-state index contributed by atoms with van der Waals surface area (Å²) in [7, 11) is 0. The molecule has 0 atom stereocenters. The SMILES string of the molecule is CC(C)N1CCN(C(=O)N2CCC(F)CC2)CC1. The highest BCUT2D eigenvalue weighted by Crippen LogP contribution is 2.16. The summed E-state index contributed by atoms with van der Waals surface area (Å²) in [6.45, 7) is 9.01. The van der Waals surface area contributed by atoms with E-state index in [1.54, 1.807) is 4.90 Å². The first-order valence-electron chi connectivity index (χ1n) is 7.00. The van der Waals surface area contributed by atoms with Crippen molar-refractivity contribution in [3.05, 3.63) is 0 Å². The summed E-state index contributed by atoms with van der Waals surface area (Å²) in [5, 5.41) is 0. The first kappa shape index (κ1) is 13.6. The second-order valence-electron chi connectivity index (χ2n) is 5.56. The number of amides is 2. The van der Waals surface area contributed by atoms with Crippen molar-refractivity contribution in [3.63, 3.8) is 0 Å². The van der Waals surface area contributed by atoms with Crippen LogP contribution >= 0.6 is 0 Å². The monoisotopic (exact) mass is 257 g/mol. The van der Waals surface area contributed by atoms with Gasteiger partial charge in [-0.1, -0.05) is 0 Å². The number of hydrogen-bond acceptors (Lipinski definition) is 2. The lowest BCUT2D eigenvalue weighted by Gasteiger charge is -2.40. The van der Waals surface area contributed by atoms with Crippen molar-refractivity contribution in [1.82, 2.24) is 14.7 Å². The van der Waals surface area contributed by atoms with Crippen LogP contribution in [0.1, 0.15) is 26.7 Å². The maximum absolute atomic E-state index is 13.0. The van der Waals surface area contributed by atoms with Crippen LogP contribution in [0.2, 0.25) is 0 Å². The van der Waals surface area contributed by atoms with Gasteiger partial charge in [-0.2, -0.15) is 0 Å². The minimum absolute atomic E-state index is 0.102. The van der Waals surface area contributed by atoms with E-state index >= 15 is 0 Å². The minimum atomic E-state index is -0.716. The zero-order valence-electron chi connectivity index (χ0n) is 11.4. The van der Waals surface area contributed by atoms with Crippen molar-refractivity contribution >= 4 is 6.03 Å². The van der Waals surface area contributed by atoms with Crippen LogP contribution in [0, 0.1) is 0 Å². The number of piperazine rings is 1. The van der Waals surface area contributed by atoms with Gasteiger partial charge in [-0.15, -0.1) is 0 Å². The molecule has 0 unspecified atom stereocenters. The number of urea groups is 1. The summed E-state index contributed by atoms with van der Waals surface area (Å²) >= 11 is 0. The quantitative estimate of drug-likeness (QED) is 0.713. The number of carbonyl (C=O) groups is 1. The molecular weight excluding hydrogens is 233 g/mol. The van der Waals surface area contributed by atoms with Crippen molar-refractivity contribution in [2.75, 3.05) is 39.3 Å². The third-order valence-corrected chi connectivity index (χ3v) is 4.01. The van der Waals surface area contributed by atoms with Crippen LogP contribution in [0.5, 0.6) is 0 Å². The zero-order valence-corrected chi connectivity index (χ0v) is 11.4. The van der Waals surface area contributed by atoms with E-state index in [2.05, 4.69) is 18.7 Å². The van der Waals surface area contributed by atoms with Crippen LogP contribution in [-0.4, -0.2) is 72.2 Å². The molecule has 0 aliphatic carbocycles. The molecule has 0 N–H and O–H groups in total. The third kappa shape index (κ3) is 3.13. The van der Waals surface area contributed by atoms with Gasteiger partial charge in [0.05, 0.1) is 0 Å². The van der Waals surface area contributed by atoms with Gasteiger partial charge in [0.15, 0.2) is 0 Å². The molecule has 2 amide bonds. The number of halogens is 1. The summed E-state index contributed by atoms with van der Waals surface area (Å²) in [4.78, 5) is 18.4. The van der Waals surface area contributed by atoms with Gasteiger partial charge in [-0.05, 0) is 26.7 Å². The average Bonchev–Trinajstić information content (AvgIpc) is 2.39. The minimum Gasteiger partial charge on any atom is -0.324 e. The average molecular weight is 257 g/mol. The number of rotatable bonds is 1. The summed E-state index contributed by atoms with van der Waals surface area (Å²) in [6.07, 6.45) is 0.280. The molecule has 0 radical (unpaired) electrons. The van der Waals surface area contributed by atoms with E-state index in [1.165, 1.54) is 0 Å². The normalized spacial score (nSPS) is 23.8. The van der Waals surface area contributed by atoms with Gasteiger partial charge in [-0.3, -0.25) is 4.90 Å². The van der Waals surface area contributed by atoms with Crippen molar-refractivity contribution in [3.8, 4) is 0 Å². The molecule has 2 fully saturated rings. The predicted molar refractivity (Wildman–Crippen MR) is 69.4 cm³/mol. The van der Waals surface area contributed by atoms with Gasteiger partial charge < -0.3 is 9.80 Å². The number of alkyl halides is 1. The summed E-state index contributed by atoms with van der Waals surface area (Å²) in [5.41, 5.74) is 0. The molecule has 0 spiro atoms. The van der Waals surface area contributed by atoms with Gasteiger partial charge >= 0.3 is 6.03 Å². The van der Waals surface area contributed by atoms with Crippen LogP contribution in [0.4, 0.5) is 9.18 Å². The molecule has 0 saturated carbocycles. The number of nitrogens with zero attached hydrogens (tertiary/aromatic N) is 3. The number of likely N-dealkylation sites (tertiary alicyclic amines) is 1. The van der Waals surface area contributed by atoms with Crippen LogP contribution in [0.25, 0.3) is 0 Å². The number of piperidine rings is 1. The predicted octanol–water partition coefficient (Wildman–Crippen LogP) is 1.57. The van der Waals surface area contributed by atoms with Gasteiger partial charge in [0, 0.05) is 45.3 Å². The van der Waals surface area contributed by atoms with Crippen molar-refractivity contribution in [2.45, 2.75) is 38.9 Å². The first-order chi connectivity index (χ1) is 8.58. The molecule has 4 nitrogen and oxygen atoms in total. The highest BCUT2D eigenvalue weighted by Gasteiger charge is 2.28. The second-order valence-corrected chi connectivity index (χ2v) is 5.56. The van der Waals surface area contributed by atoms with Gasteiger partial charge in [0.1, 0.15) is 6.17 Å². The summed E-state index contributed by atoms with van der Waals surface area (Å²) in [6, 6.07) is 0.648. The van der Waals surface area contributed by atoms with Crippen LogP contribution in [0.3, 0.4) is 0 Å². The molecule has 2 aliphatic rings. The van der Waals surface area contributed by atoms with Gasteiger partial charge in [0.2, 0.25) is 0 Å². The molecule has 2 saturated heterocycles. The van der Waals surface area contributed by atoms with E-state index in [9.17, 15) is 9.18 Å². The van der Waals surface area contributed by atoms with Crippen molar-refractivity contribution in [1.29, 1.82) is 0 Å². The molecule has 104 valence electrons. The Morgan fingerprint density at radius 3 is 2.00 bits per heavy atom. The fourth-order valence-electron chi connectivity index (χ4n) is 2.67. The molecule has 2 heterocycles. The Labute approximate surface area is 109 Å². The Bertz CT molecular complexity index is 282. The molecular formula is C13H24FN3O. The number of hydrogen-bond donors (Lipinski definition) is 0. The Morgan fingerprint density at radius 2 is 1.50 bits per heavy atom. The van der Waals surface area contributed by atoms with Gasteiger partial charge in [-0.25, -0.2) is 9.18 Å². The van der Waals surface area contributed by atoms with E-state index in [0.29, 0.717) is 32.0 Å². The smallest absolute Gasteiger partial charge is 0.320 e. The largest absolute Gasteiger partial charge is 0.324 e. The number of carbonyl (C=O) groups excluding carboxylic acids is 1. The third-order valence-electron chi connectivity index (χ3n) is 4.01. The molecule has 0 aromatic carbocycles. The molecule has 0 bridgehead atoms. The molecule has 18 heavy (non-hydrogen) atoms. The Balaban J connectivity index is 1.80. The maximum Gasteiger partial charge on any atom is 0.320 e. The van der Waals surface area contributed by atoms with E-state index in [4.69, 9.17) is 0 Å². The summed E-state index contributed by atoms with van der Waals surface area (Å²) < 4.78 is 13.0. The van der Waals surface area contributed by atoms with E-state index in [0.717, 1.165) is 26.2 Å². The molecule has 2 rings (SSSR count). The molecule has 0 aromatic rings. The van der Waals surface area contributed by atoms with Crippen LogP contribution < -0.4 is 0 Å². The fourth-order valence-corrected chi connectivity index (χ4v) is 2.67. The Morgan fingerprint density at radius 1 is 1.00 bits per heavy atom. The Hall–Kier alpha value is -0.840. The van der Waals surface area contributed by atoms with E-state index in [-0.39, 0.29) is 6.03 Å². The van der Waals surface area contributed by atoms with Crippen molar-refractivity contribution in [2.24, 2.45) is 0 Å². The maximum atomic E-state index is 13.0. The lowest BCUT2D eigenvalue weighted by Crippen LogP contribution is -2.55. The fraction of sp³-hybridized carbons (Fsp3) is 0.923. The van der Waals surface area contributed by atoms with Gasteiger partial charge in [0.25, 0.3) is 0 Å². The highest BCUT2D eigenvalue weighted by molar-refractivity contribution is 5.74. The zero-order chi connectivity index (χ0) is 13.1. The summed E-state index contributed by atoms with van der Waals surface area (Å²) in [5.74, 6) is 0. The van der Waals surface area contributed by atoms with E-state index in [1.807, 2.05) is 4.90 Å². The second kappa shape index (κ2) is 5.87. The molecule has 0 aromatic heterocycles. The molecule has 2 aliphatic heterocycles. The Kier molecular flexibility index (Phi) is 4.43. The van der Waals surface area contributed by atoms with Crippen LogP contribution in [-0.2, 0) is 0 Å². The topological polar surface area (TPSA) is 26.8 Å². The van der Waals surface area contributed by atoms with Crippen molar-refractivity contribution < 1.29 is 9.18 Å². The van der Waals surface area contributed by atoms with Crippen LogP contribution in [0.15, 0.2) is 0 Å².